The number of nitrogens with zero attached hydrogens (tertiary/aromatic N) is 2. The second kappa shape index (κ2) is 13.0. The smallest absolute Gasteiger partial charge is 0.238 e. The molecule has 6 heteroatoms. The van der Waals surface area contributed by atoms with E-state index in [4.69, 9.17) is 14.7 Å². The molecule has 0 aliphatic carbocycles. The third-order valence-corrected chi connectivity index (χ3v) is 3.88. The van der Waals surface area contributed by atoms with E-state index in [0.29, 0.717) is 22.6 Å². The van der Waals surface area contributed by atoms with Crippen LogP contribution in [0.3, 0.4) is 0 Å². The molecule has 1 aliphatic heterocycles. The Kier molecular flexibility index (Phi) is 10.7. The van der Waals surface area contributed by atoms with Gasteiger partial charge in [0.1, 0.15) is 17.7 Å². The molecule has 1 aromatic heterocycles. The molecule has 0 saturated carbocycles. The Morgan fingerprint density at radius 2 is 1.65 bits per heavy atom. The fraction of sp³-hybridized carbons (Fsp3) is 0.280. The van der Waals surface area contributed by atoms with Crippen molar-refractivity contribution >= 4 is 0 Å². The Hall–Kier alpha value is -3.46. The third-order valence-electron chi connectivity index (χ3n) is 3.88. The lowest BCUT2D eigenvalue weighted by Gasteiger charge is -2.09. The minimum absolute atomic E-state index is 0.178. The quantitative estimate of drug-likeness (QED) is 0.418. The lowest BCUT2D eigenvalue weighted by atomic mass is 10.0. The number of fused-ring (bicyclic) bond motifs is 1. The monoisotopic (exact) mass is 426 g/mol. The molecule has 0 bridgehead atoms. The lowest BCUT2D eigenvalue weighted by Crippen LogP contribution is -2.11. The summed E-state index contributed by atoms with van der Waals surface area (Å²) in [4.78, 5) is 3.73. The molecule has 0 saturated heterocycles. The molecule has 1 aliphatic rings. The Morgan fingerprint density at radius 1 is 0.935 bits per heavy atom. The van der Waals surface area contributed by atoms with E-state index < -0.39 is 17.9 Å². The highest BCUT2D eigenvalue weighted by atomic mass is 19.1. The summed E-state index contributed by atoms with van der Waals surface area (Å²) in [6.45, 7) is 11.3. The molecule has 31 heavy (non-hydrogen) atoms. The molecule has 0 fully saturated rings. The number of hydrogen-bond acceptors (Lipinski definition) is 4. The number of hydrogen-bond donors (Lipinski definition) is 0. The SMILES string of the molecule is CC.CC.Cc1cc(F)c(-c2cccc3c2OC(C)O3)cc1F.N#Cc1cccnc1. The van der Waals surface area contributed by atoms with Crippen molar-refractivity contribution in [2.24, 2.45) is 0 Å². The zero-order valence-corrected chi connectivity index (χ0v) is 18.7. The Bertz CT molecular complexity index is 1000. The van der Waals surface area contributed by atoms with Gasteiger partial charge in [0.2, 0.25) is 6.29 Å². The van der Waals surface area contributed by atoms with Crippen LogP contribution in [0.1, 0.15) is 45.7 Å². The number of aromatic nitrogens is 1. The fourth-order valence-electron chi connectivity index (χ4n) is 2.59. The van der Waals surface area contributed by atoms with Crippen molar-refractivity contribution < 1.29 is 18.3 Å². The molecular formula is C25H28F2N2O2. The molecule has 2 heterocycles. The highest BCUT2D eigenvalue weighted by Crippen LogP contribution is 2.43. The van der Waals surface area contributed by atoms with Gasteiger partial charge in [-0.1, -0.05) is 39.8 Å². The first-order valence-electron chi connectivity index (χ1n) is 10.2. The molecule has 3 aromatic rings. The average Bonchev–Trinajstić information content (AvgIpc) is 3.20. The summed E-state index contributed by atoms with van der Waals surface area (Å²) in [7, 11) is 0. The van der Waals surface area contributed by atoms with Crippen molar-refractivity contribution in [1.82, 2.24) is 4.98 Å². The number of ether oxygens (including phenoxy) is 2. The summed E-state index contributed by atoms with van der Waals surface area (Å²) < 4.78 is 38.6. The predicted octanol–water partition coefficient (Wildman–Crippen LogP) is 7.06. The van der Waals surface area contributed by atoms with Crippen molar-refractivity contribution in [3.05, 3.63) is 77.6 Å². The van der Waals surface area contributed by atoms with E-state index in [1.165, 1.54) is 25.3 Å². The molecule has 4 rings (SSSR count). The standard InChI is InChI=1S/C15H12F2O2.C6H4N2.2C2H6/c1-8-6-13(17)11(7-12(8)16)10-4-3-5-14-15(10)19-9(2)18-14;7-4-6-2-1-3-8-5-6;2*1-2/h3-7,9H,1-2H3;1-3,5H;2*1-2H3. The van der Waals surface area contributed by atoms with Crippen LogP contribution in [-0.4, -0.2) is 11.3 Å². The second-order valence-electron chi connectivity index (χ2n) is 5.87. The number of rotatable bonds is 1. The predicted molar refractivity (Wildman–Crippen MR) is 119 cm³/mol. The molecule has 1 unspecified atom stereocenters. The first-order chi connectivity index (χ1) is 15.0. The van der Waals surface area contributed by atoms with Crippen molar-refractivity contribution in [2.75, 3.05) is 0 Å². The summed E-state index contributed by atoms with van der Waals surface area (Å²) in [5.41, 5.74) is 1.56. The van der Waals surface area contributed by atoms with Gasteiger partial charge in [0, 0.05) is 30.4 Å². The Labute approximate surface area is 183 Å². The van der Waals surface area contributed by atoms with Crippen LogP contribution in [-0.2, 0) is 0 Å². The van der Waals surface area contributed by atoms with Gasteiger partial charge in [0.15, 0.2) is 11.5 Å². The molecule has 4 nitrogen and oxygen atoms in total. The normalized spacial score (nSPS) is 12.7. The number of pyridine rings is 1. The fourth-order valence-corrected chi connectivity index (χ4v) is 2.59. The van der Waals surface area contributed by atoms with E-state index >= 15 is 0 Å². The molecule has 2 aromatic carbocycles. The molecule has 164 valence electrons. The van der Waals surface area contributed by atoms with Gasteiger partial charge < -0.3 is 9.47 Å². The molecule has 0 radical (unpaired) electrons. The summed E-state index contributed by atoms with van der Waals surface area (Å²) in [5, 5.41) is 8.25. The maximum absolute atomic E-state index is 14.0. The Morgan fingerprint density at radius 3 is 2.23 bits per heavy atom. The van der Waals surface area contributed by atoms with E-state index in [9.17, 15) is 8.78 Å². The third kappa shape index (κ3) is 6.78. The number of aryl methyl sites for hydroxylation is 1. The maximum Gasteiger partial charge on any atom is 0.238 e. The van der Waals surface area contributed by atoms with E-state index in [-0.39, 0.29) is 11.1 Å². The van der Waals surface area contributed by atoms with Gasteiger partial charge in [0.05, 0.1) is 5.56 Å². The van der Waals surface area contributed by atoms with E-state index in [0.717, 1.165) is 0 Å². The van der Waals surface area contributed by atoms with Crippen LogP contribution < -0.4 is 9.47 Å². The minimum atomic E-state index is -0.476. The van der Waals surface area contributed by atoms with Gasteiger partial charge in [0.25, 0.3) is 0 Å². The molecular weight excluding hydrogens is 398 g/mol. The summed E-state index contributed by atoms with van der Waals surface area (Å²) in [6.07, 6.45) is 2.75. The largest absolute Gasteiger partial charge is 0.451 e. The number of nitriles is 1. The van der Waals surface area contributed by atoms with Gasteiger partial charge in [-0.15, -0.1) is 0 Å². The van der Waals surface area contributed by atoms with E-state index in [2.05, 4.69) is 4.98 Å². The van der Waals surface area contributed by atoms with E-state index in [1.54, 1.807) is 43.5 Å². The number of benzene rings is 2. The minimum Gasteiger partial charge on any atom is -0.451 e. The molecule has 1 atom stereocenters. The lowest BCUT2D eigenvalue weighted by molar-refractivity contribution is 0.0681. The average molecular weight is 427 g/mol. The first kappa shape index (κ1) is 25.6. The van der Waals surface area contributed by atoms with Crippen molar-refractivity contribution in [3.63, 3.8) is 0 Å². The molecule has 0 N–H and O–H groups in total. The molecule has 0 spiro atoms. The van der Waals surface area contributed by atoms with Gasteiger partial charge in [-0.2, -0.15) is 5.26 Å². The van der Waals surface area contributed by atoms with Gasteiger partial charge in [-0.05, 0) is 42.8 Å². The van der Waals surface area contributed by atoms with Gasteiger partial charge >= 0.3 is 0 Å². The van der Waals surface area contributed by atoms with Crippen LogP contribution >= 0.6 is 0 Å². The zero-order valence-electron chi connectivity index (χ0n) is 18.7. The van der Waals surface area contributed by atoms with Crippen molar-refractivity contribution in [1.29, 1.82) is 5.26 Å². The van der Waals surface area contributed by atoms with Crippen LogP contribution in [0.25, 0.3) is 11.1 Å². The van der Waals surface area contributed by atoms with Gasteiger partial charge in [-0.25, -0.2) is 8.78 Å². The highest BCUT2D eigenvalue weighted by Gasteiger charge is 2.25. The van der Waals surface area contributed by atoms with Crippen LogP contribution in [0.15, 0.2) is 54.9 Å². The van der Waals surface area contributed by atoms with E-state index in [1.807, 2.05) is 33.8 Å². The first-order valence-corrected chi connectivity index (χ1v) is 10.2. The van der Waals surface area contributed by atoms with Crippen LogP contribution in [0.4, 0.5) is 8.78 Å². The van der Waals surface area contributed by atoms with Gasteiger partial charge in [-0.3, -0.25) is 4.98 Å². The van der Waals surface area contributed by atoms with Crippen molar-refractivity contribution in [2.45, 2.75) is 47.8 Å². The van der Waals surface area contributed by atoms with Crippen molar-refractivity contribution in [3.8, 4) is 28.7 Å². The topological polar surface area (TPSA) is 55.1 Å². The van der Waals surface area contributed by atoms with Crippen LogP contribution in [0, 0.1) is 29.9 Å². The highest BCUT2D eigenvalue weighted by molar-refractivity contribution is 5.75. The zero-order chi connectivity index (χ0) is 23.4. The second-order valence-corrected chi connectivity index (χ2v) is 5.87. The maximum atomic E-state index is 14.0. The summed E-state index contributed by atoms with van der Waals surface area (Å²) >= 11 is 0. The van der Waals surface area contributed by atoms with Crippen LogP contribution in [0.5, 0.6) is 11.5 Å². The number of para-hydroxylation sites is 1. The Balaban J connectivity index is 0.000000336. The summed E-state index contributed by atoms with van der Waals surface area (Å²) in [5.74, 6) is 0.0824. The number of halogens is 2. The molecule has 0 amide bonds. The van der Waals surface area contributed by atoms with Crippen LogP contribution in [0.2, 0.25) is 0 Å². The summed E-state index contributed by atoms with van der Waals surface area (Å²) in [6, 6.07) is 12.9.